The van der Waals surface area contributed by atoms with E-state index in [0.29, 0.717) is 5.13 Å². The Morgan fingerprint density at radius 2 is 2.11 bits per heavy atom. The van der Waals surface area contributed by atoms with Gasteiger partial charge in [-0.3, -0.25) is 9.88 Å². The van der Waals surface area contributed by atoms with Crippen molar-refractivity contribution >= 4 is 28.9 Å². The third kappa shape index (κ3) is 3.94. The number of nitrogens with zero attached hydrogens (tertiary/aromatic N) is 3. The number of anilines is 1. The van der Waals surface area contributed by atoms with E-state index in [-0.39, 0.29) is 12.4 Å². The van der Waals surface area contributed by atoms with E-state index in [4.69, 9.17) is 5.73 Å². The molecule has 0 saturated heterocycles. The molecular weight excluding hydrogens is 268 g/mol. The van der Waals surface area contributed by atoms with Gasteiger partial charge in [-0.15, -0.1) is 23.7 Å². The maximum atomic E-state index is 5.61. The number of nitrogen functional groups attached to an aromatic ring is 1. The molecule has 0 spiro atoms. The van der Waals surface area contributed by atoms with Crippen LogP contribution >= 0.6 is 23.7 Å². The van der Waals surface area contributed by atoms with E-state index in [1.54, 1.807) is 11.3 Å². The first kappa shape index (κ1) is 14.9. The maximum absolute atomic E-state index is 5.61. The van der Waals surface area contributed by atoms with E-state index in [2.05, 4.69) is 28.8 Å². The standard InChI is InChI=1S/C12H16N4S.ClH/c1-9-3-4-14-5-10(9)7-16(2)8-11-6-15-12(13)17-11;/h3-6H,7-8H2,1-2H3,(H2,13,15);1H. The van der Waals surface area contributed by atoms with Crippen LogP contribution in [0, 0.1) is 6.92 Å². The van der Waals surface area contributed by atoms with Crippen LogP contribution in [-0.2, 0) is 13.1 Å². The lowest BCUT2D eigenvalue weighted by Crippen LogP contribution is -2.17. The molecule has 0 atom stereocenters. The largest absolute Gasteiger partial charge is 0.375 e. The predicted molar refractivity (Wildman–Crippen MR) is 77.9 cm³/mol. The summed E-state index contributed by atoms with van der Waals surface area (Å²) in [5.74, 6) is 0. The summed E-state index contributed by atoms with van der Waals surface area (Å²) in [6, 6.07) is 2.04. The average molecular weight is 285 g/mol. The number of hydrogen-bond donors (Lipinski definition) is 1. The smallest absolute Gasteiger partial charge is 0.180 e. The van der Waals surface area contributed by atoms with E-state index in [0.717, 1.165) is 13.1 Å². The minimum atomic E-state index is 0. The van der Waals surface area contributed by atoms with E-state index >= 15 is 0 Å². The first-order valence-electron chi connectivity index (χ1n) is 5.43. The molecule has 18 heavy (non-hydrogen) atoms. The van der Waals surface area contributed by atoms with E-state index in [1.807, 2.05) is 24.7 Å². The Morgan fingerprint density at radius 1 is 1.33 bits per heavy atom. The number of rotatable bonds is 4. The van der Waals surface area contributed by atoms with Gasteiger partial charge < -0.3 is 5.73 Å². The molecular formula is C12H17ClN4S. The number of thiazole rings is 1. The molecule has 0 amide bonds. The highest BCUT2D eigenvalue weighted by Gasteiger charge is 2.06. The quantitative estimate of drug-likeness (QED) is 0.937. The maximum Gasteiger partial charge on any atom is 0.180 e. The van der Waals surface area contributed by atoms with Crippen LogP contribution < -0.4 is 5.73 Å². The molecule has 0 radical (unpaired) electrons. The van der Waals surface area contributed by atoms with Gasteiger partial charge in [-0.25, -0.2) is 4.98 Å². The van der Waals surface area contributed by atoms with Gasteiger partial charge in [0, 0.05) is 36.6 Å². The van der Waals surface area contributed by atoms with Gasteiger partial charge >= 0.3 is 0 Å². The zero-order valence-corrected chi connectivity index (χ0v) is 12.1. The van der Waals surface area contributed by atoms with Crippen molar-refractivity contribution in [3.63, 3.8) is 0 Å². The van der Waals surface area contributed by atoms with Crippen LogP contribution in [0.15, 0.2) is 24.7 Å². The van der Waals surface area contributed by atoms with E-state index in [9.17, 15) is 0 Å². The van der Waals surface area contributed by atoms with Crippen molar-refractivity contribution in [1.82, 2.24) is 14.9 Å². The number of nitrogens with two attached hydrogens (primary N) is 1. The monoisotopic (exact) mass is 284 g/mol. The summed E-state index contributed by atoms with van der Waals surface area (Å²) in [5, 5.41) is 0.631. The van der Waals surface area contributed by atoms with Crippen molar-refractivity contribution in [2.75, 3.05) is 12.8 Å². The van der Waals surface area contributed by atoms with Crippen LogP contribution in [0.5, 0.6) is 0 Å². The first-order chi connectivity index (χ1) is 8.15. The van der Waals surface area contributed by atoms with Crippen LogP contribution in [0.3, 0.4) is 0 Å². The fourth-order valence-electron chi connectivity index (χ4n) is 1.67. The predicted octanol–water partition coefficient (Wildman–Crippen LogP) is 2.48. The second-order valence-electron chi connectivity index (χ2n) is 4.14. The van der Waals surface area contributed by atoms with E-state index < -0.39 is 0 Å². The van der Waals surface area contributed by atoms with Crippen LogP contribution in [-0.4, -0.2) is 21.9 Å². The zero-order valence-electron chi connectivity index (χ0n) is 10.5. The van der Waals surface area contributed by atoms with E-state index in [1.165, 1.54) is 16.0 Å². The summed E-state index contributed by atoms with van der Waals surface area (Å²) in [6.45, 7) is 3.86. The minimum absolute atomic E-state index is 0. The van der Waals surface area contributed by atoms with Crippen molar-refractivity contribution in [3.05, 3.63) is 40.7 Å². The molecule has 0 aromatic carbocycles. The summed E-state index contributed by atoms with van der Waals surface area (Å²) in [7, 11) is 2.09. The third-order valence-corrected chi connectivity index (χ3v) is 3.40. The highest BCUT2D eigenvalue weighted by Crippen LogP contribution is 2.17. The number of aryl methyl sites for hydroxylation is 1. The lowest BCUT2D eigenvalue weighted by atomic mass is 10.1. The van der Waals surface area contributed by atoms with Gasteiger partial charge in [0.25, 0.3) is 0 Å². The summed E-state index contributed by atoms with van der Waals surface area (Å²) in [4.78, 5) is 11.6. The molecule has 2 aromatic rings. The Hall–Kier alpha value is -1.17. The molecule has 0 fully saturated rings. The molecule has 0 unspecified atom stereocenters. The van der Waals surface area contributed by atoms with Gasteiger partial charge in [0.05, 0.1) is 0 Å². The SMILES string of the molecule is Cc1ccncc1CN(C)Cc1cnc(N)s1.Cl. The molecule has 2 heterocycles. The molecule has 4 nitrogen and oxygen atoms in total. The van der Waals surface area contributed by atoms with Gasteiger partial charge in [0.15, 0.2) is 5.13 Å². The van der Waals surface area contributed by atoms with Crippen molar-refractivity contribution in [3.8, 4) is 0 Å². The van der Waals surface area contributed by atoms with Gasteiger partial charge in [0.1, 0.15) is 0 Å². The Balaban J connectivity index is 0.00000162. The van der Waals surface area contributed by atoms with Crippen LogP contribution in [0.4, 0.5) is 5.13 Å². The molecule has 0 bridgehead atoms. The van der Waals surface area contributed by atoms with Crippen LogP contribution in [0.1, 0.15) is 16.0 Å². The molecule has 0 saturated carbocycles. The first-order valence-corrected chi connectivity index (χ1v) is 6.25. The van der Waals surface area contributed by atoms with Crippen molar-refractivity contribution in [2.45, 2.75) is 20.0 Å². The number of aromatic nitrogens is 2. The Labute approximate surface area is 117 Å². The van der Waals surface area contributed by atoms with Crippen molar-refractivity contribution in [2.24, 2.45) is 0 Å². The van der Waals surface area contributed by atoms with Crippen molar-refractivity contribution < 1.29 is 0 Å². The lowest BCUT2D eigenvalue weighted by molar-refractivity contribution is 0.320. The molecule has 2 N–H and O–H groups in total. The van der Waals surface area contributed by atoms with Crippen LogP contribution in [0.25, 0.3) is 0 Å². The Bertz CT molecular complexity index is 500. The summed E-state index contributed by atoms with van der Waals surface area (Å²) < 4.78 is 0. The van der Waals surface area contributed by atoms with Gasteiger partial charge in [-0.2, -0.15) is 0 Å². The molecule has 0 aliphatic heterocycles. The fourth-order valence-corrected chi connectivity index (χ4v) is 2.44. The highest BCUT2D eigenvalue weighted by molar-refractivity contribution is 7.15. The summed E-state index contributed by atoms with van der Waals surface area (Å²) in [5.41, 5.74) is 8.14. The second-order valence-corrected chi connectivity index (χ2v) is 5.29. The number of pyridine rings is 1. The zero-order chi connectivity index (χ0) is 12.3. The Morgan fingerprint density at radius 3 is 2.72 bits per heavy atom. The second kappa shape index (κ2) is 6.68. The van der Waals surface area contributed by atoms with Crippen LogP contribution in [0.2, 0.25) is 0 Å². The van der Waals surface area contributed by atoms with Gasteiger partial charge in [-0.1, -0.05) is 0 Å². The summed E-state index contributed by atoms with van der Waals surface area (Å²) in [6.07, 6.45) is 5.59. The fraction of sp³-hybridized carbons (Fsp3) is 0.333. The lowest BCUT2D eigenvalue weighted by Gasteiger charge is -2.16. The molecule has 98 valence electrons. The highest BCUT2D eigenvalue weighted by atomic mass is 35.5. The molecule has 2 rings (SSSR count). The summed E-state index contributed by atoms with van der Waals surface area (Å²) >= 11 is 1.54. The molecule has 6 heteroatoms. The molecule has 2 aromatic heterocycles. The number of halogens is 1. The number of hydrogen-bond acceptors (Lipinski definition) is 5. The average Bonchev–Trinajstić information content (AvgIpc) is 2.67. The molecule has 0 aliphatic rings. The topological polar surface area (TPSA) is 55.0 Å². The minimum Gasteiger partial charge on any atom is -0.375 e. The third-order valence-electron chi connectivity index (χ3n) is 2.58. The van der Waals surface area contributed by atoms with Gasteiger partial charge in [-0.05, 0) is 31.2 Å². The Kier molecular flexibility index (Phi) is 5.53. The molecule has 0 aliphatic carbocycles. The van der Waals surface area contributed by atoms with Gasteiger partial charge in [0.2, 0.25) is 0 Å². The van der Waals surface area contributed by atoms with Crippen molar-refractivity contribution in [1.29, 1.82) is 0 Å². The normalized spacial score (nSPS) is 10.4.